The fraction of sp³-hybridized carbons (Fsp3) is 0.235. The largest absolute Gasteiger partial charge is 0.373 e. The average Bonchev–Trinajstić information content (AvgIpc) is 2.92. The maximum absolute atomic E-state index is 12.3. The number of carbonyl (C=O) groups is 1. The van der Waals surface area contributed by atoms with Crippen molar-refractivity contribution in [3.8, 4) is 0 Å². The van der Waals surface area contributed by atoms with Crippen LogP contribution in [0.25, 0.3) is 0 Å². The molecule has 2 aromatic rings. The Morgan fingerprint density at radius 1 is 1.15 bits per heavy atom. The highest BCUT2D eigenvalue weighted by molar-refractivity contribution is 5.87. The molecule has 1 amide bonds. The Morgan fingerprint density at radius 3 is 2.60 bits per heavy atom. The summed E-state index contributed by atoms with van der Waals surface area (Å²) in [5, 5.41) is 6.35. The summed E-state index contributed by atoms with van der Waals surface area (Å²) in [5.74, 6) is 0.0533. The maximum Gasteiger partial charge on any atom is 0.243 e. The van der Waals surface area contributed by atoms with Crippen molar-refractivity contribution in [2.24, 2.45) is 0 Å². The predicted molar refractivity (Wildman–Crippen MR) is 80.6 cm³/mol. The van der Waals surface area contributed by atoms with Gasteiger partial charge in [-0.3, -0.25) is 4.79 Å². The van der Waals surface area contributed by atoms with E-state index in [4.69, 9.17) is 0 Å². The van der Waals surface area contributed by atoms with Gasteiger partial charge in [0.2, 0.25) is 5.91 Å². The van der Waals surface area contributed by atoms with Crippen LogP contribution < -0.4 is 10.6 Å². The van der Waals surface area contributed by atoms with Crippen LogP contribution in [0.15, 0.2) is 54.6 Å². The van der Waals surface area contributed by atoms with Crippen LogP contribution in [-0.4, -0.2) is 11.9 Å². The van der Waals surface area contributed by atoms with Crippen LogP contribution in [0.4, 0.5) is 5.69 Å². The van der Waals surface area contributed by atoms with E-state index in [0.29, 0.717) is 0 Å². The lowest BCUT2D eigenvalue weighted by Crippen LogP contribution is -2.39. The molecule has 0 fully saturated rings. The summed E-state index contributed by atoms with van der Waals surface area (Å²) >= 11 is 0. The Morgan fingerprint density at radius 2 is 1.85 bits per heavy atom. The third kappa shape index (κ3) is 2.52. The molecule has 2 N–H and O–H groups in total. The lowest BCUT2D eigenvalue weighted by Gasteiger charge is -2.18. The van der Waals surface area contributed by atoms with Gasteiger partial charge in [-0.15, -0.1) is 0 Å². The first-order chi connectivity index (χ1) is 9.74. The zero-order valence-electron chi connectivity index (χ0n) is 11.5. The summed E-state index contributed by atoms with van der Waals surface area (Å²) in [4.78, 5) is 12.3. The van der Waals surface area contributed by atoms with Crippen LogP contribution in [0, 0.1) is 0 Å². The smallest absolute Gasteiger partial charge is 0.243 e. The van der Waals surface area contributed by atoms with E-state index >= 15 is 0 Å². The number of hydrogen-bond acceptors (Lipinski definition) is 2. The van der Waals surface area contributed by atoms with Crippen molar-refractivity contribution < 1.29 is 4.79 Å². The molecule has 1 heterocycles. The second-order valence-corrected chi connectivity index (χ2v) is 5.20. The second kappa shape index (κ2) is 5.37. The Hall–Kier alpha value is -2.29. The third-order valence-corrected chi connectivity index (χ3v) is 3.75. The van der Waals surface area contributed by atoms with E-state index in [1.54, 1.807) is 0 Å². The van der Waals surface area contributed by atoms with Crippen molar-refractivity contribution in [3.63, 3.8) is 0 Å². The number of carbonyl (C=O) groups excluding carboxylic acids is 1. The predicted octanol–water partition coefficient (Wildman–Crippen LogP) is 2.90. The number of amides is 1. The molecule has 0 saturated heterocycles. The molecule has 1 aliphatic heterocycles. The minimum absolute atomic E-state index is 0.0224. The second-order valence-electron chi connectivity index (χ2n) is 5.20. The van der Waals surface area contributed by atoms with Gasteiger partial charge in [0, 0.05) is 12.1 Å². The maximum atomic E-state index is 12.3. The van der Waals surface area contributed by atoms with Gasteiger partial charge in [-0.05, 0) is 24.1 Å². The molecule has 2 aromatic carbocycles. The molecular weight excluding hydrogens is 248 g/mol. The van der Waals surface area contributed by atoms with Crippen LogP contribution >= 0.6 is 0 Å². The highest BCUT2D eigenvalue weighted by Gasteiger charge is 2.27. The molecule has 0 aliphatic carbocycles. The first kappa shape index (κ1) is 12.7. The molecular formula is C17H18N2O. The van der Waals surface area contributed by atoms with E-state index in [9.17, 15) is 4.79 Å². The number of anilines is 1. The van der Waals surface area contributed by atoms with Gasteiger partial charge in [0.25, 0.3) is 0 Å². The normalized spacial score (nSPS) is 17.9. The SMILES string of the molecule is C[C@@H](NC(=O)[C@@H]1Cc2ccccc2N1)c1ccccc1. The third-order valence-electron chi connectivity index (χ3n) is 3.75. The summed E-state index contributed by atoms with van der Waals surface area (Å²) in [6.07, 6.45) is 0.753. The molecule has 0 saturated carbocycles. The van der Waals surface area contributed by atoms with Gasteiger partial charge < -0.3 is 10.6 Å². The van der Waals surface area contributed by atoms with Crippen molar-refractivity contribution in [1.29, 1.82) is 0 Å². The summed E-state index contributed by atoms with van der Waals surface area (Å²) < 4.78 is 0. The minimum Gasteiger partial charge on any atom is -0.373 e. The molecule has 0 unspecified atom stereocenters. The van der Waals surface area contributed by atoms with Gasteiger partial charge in [0.1, 0.15) is 6.04 Å². The first-order valence-corrected chi connectivity index (χ1v) is 6.94. The highest BCUT2D eigenvalue weighted by Crippen LogP contribution is 2.25. The summed E-state index contributed by atoms with van der Waals surface area (Å²) in [5.41, 5.74) is 3.40. The molecule has 0 bridgehead atoms. The monoisotopic (exact) mass is 266 g/mol. The quantitative estimate of drug-likeness (QED) is 0.897. The lowest BCUT2D eigenvalue weighted by atomic mass is 10.1. The number of hydrogen-bond donors (Lipinski definition) is 2. The van der Waals surface area contributed by atoms with Crippen LogP contribution in [0.2, 0.25) is 0 Å². The molecule has 0 aromatic heterocycles. The van der Waals surface area contributed by atoms with Gasteiger partial charge in [-0.25, -0.2) is 0 Å². The standard InChI is InChI=1S/C17H18N2O/c1-12(13-7-3-2-4-8-13)18-17(20)16-11-14-9-5-6-10-15(14)19-16/h2-10,12,16,19H,11H2,1H3,(H,18,20)/t12-,16+/m1/s1. The molecule has 102 valence electrons. The molecule has 1 aliphatic rings. The molecule has 0 spiro atoms. The summed E-state index contributed by atoms with van der Waals surface area (Å²) in [7, 11) is 0. The zero-order valence-corrected chi connectivity index (χ0v) is 11.5. The average molecular weight is 266 g/mol. The Bertz CT molecular complexity index is 584. The molecule has 3 nitrogen and oxygen atoms in total. The van der Waals surface area contributed by atoms with E-state index < -0.39 is 0 Å². The van der Waals surface area contributed by atoms with Gasteiger partial charge in [0.05, 0.1) is 6.04 Å². The van der Waals surface area contributed by atoms with Gasteiger partial charge in [0.15, 0.2) is 0 Å². The fourth-order valence-electron chi connectivity index (χ4n) is 2.60. The van der Waals surface area contributed by atoms with Gasteiger partial charge in [-0.1, -0.05) is 48.5 Å². The van der Waals surface area contributed by atoms with Crippen LogP contribution in [0.5, 0.6) is 0 Å². The number of para-hydroxylation sites is 1. The van der Waals surface area contributed by atoms with E-state index in [2.05, 4.69) is 16.7 Å². The van der Waals surface area contributed by atoms with Crippen molar-refractivity contribution >= 4 is 11.6 Å². The summed E-state index contributed by atoms with van der Waals surface area (Å²) in [6, 6.07) is 17.9. The Labute approximate surface area is 119 Å². The lowest BCUT2D eigenvalue weighted by molar-refractivity contribution is -0.122. The van der Waals surface area contributed by atoms with Crippen molar-refractivity contribution in [1.82, 2.24) is 5.32 Å². The molecule has 3 heteroatoms. The van der Waals surface area contributed by atoms with Crippen molar-refractivity contribution in [2.45, 2.75) is 25.4 Å². The van der Waals surface area contributed by atoms with E-state index in [1.165, 1.54) is 5.56 Å². The number of rotatable bonds is 3. The van der Waals surface area contributed by atoms with Crippen LogP contribution in [0.3, 0.4) is 0 Å². The Balaban J connectivity index is 1.64. The van der Waals surface area contributed by atoms with Gasteiger partial charge in [-0.2, -0.15) is 0 Å². The number of benzene rings is 2. The van der Waals surface area contributed by atoms with Crippen molar-refractivity contribution in [3.05, 3.63) is 65.7 Å². The van der Waals surface area contributed by atoms with Crippen molar-refractivity contribution in [2.75, 3.05) is 5.32 Å². The molecule has 3 rings (SSSR count). The highest BCUT2D eigenvalue weighted by atomic mass is 16.2. The molecule has 20 heavy (non-hydrogen) atoms. The Kier molecular flexibility index (Phi) is 3.42. The summed E-state index contributed by atoms with van der Waals surface area (Å²) in [6.45, 7) is 2.01. The minimum atomic E-state index is -0.168. The topological polar surface area (TPSA) is 41.1 Å². The van der Waals surface area contributed by atoms with E-state index in [-0.39, 0.29) is 18.0 Å². The molecule has 2 atom stereocenters. The van der Waals surface area contributed by atoms with E-state index in [1.807, 2.05) is 55.5 Å². The molecule has 0 radical (unpaired) electrons. The first-order valence-electron chi connectivity index (χ1n) is 6.94. The number of nitrogens with one attached hydrogen (secondary N) is 2. The van der Waals surface area contributed by atoms with Gasteiger partial charge >= 0.3 is 0 Å². The van der Waals surface area contributed by atoms with Crippen LogP contribution in [0.1, 0.15) is 24.1 Å². The van der Waals surface area contributed by atoms with Crippen LogP contribution in [-0.2, 0) is 11.2 Å². The zero-order chi connectivity index (χ0) is 13.9. The number of fused-ring (bicyclic) bond motifs is 1. The van der Waals surface area contributed by atoms with E-state index in [0.717, 1.165) is 17.7 Å². The fourth-order valence-corrected chi connectivity index (χ4v) is 2.60.